The number of aryl methyl sites for hydroxylation is 1. The standard InChI is InChI=1S/C11H16FNO/c1-8(6-13)7-14-10-3-4-11(12)9(2)5-10/h3-5,8H,6-7,13H2,1-2H3. The number of nitrogens with two attached hydrogens (primary N) is 1. The van der Waals surface area contributed by atoms with Crippen molar-refractivity contribution in [3.63, 3.8) is 0 Å². The predicted octanol–water partition coefficient (Wildman–Crippen LogP) is 2.11. The van der Waals surface area contributed by atoms with Crippen LogP contribution in [0, 0.1) is 18.7 Å². The normalized spacial score (nSPS) is 12.6. The summed E-state index contributed by atoms with van der Waals surface area (Å²) in [6.45, 7) is 4.90. The lowest BCUT2D eigenvalue weighted by Gasteiger charge is -2.11. The fourth-order valence-electron chi connectivity index (χ4n) is 1.01. The molecule has 0 heterocycles. The molecule has 0 aliphatic heterocycles. The van der Waals surface area contributed by atoms with Gasteiger partial charge in [0, 0.05) is 5.92 Å². The first-order valence-electron chi connectivity index (χ1n) is 4.72. The van der Waals surface area contributed by atoms with E-state index in [0.717, 1.165) is 0 Å². The summed E-state index contributed by atoms with van der Waals surface area (Å²) in [7, 11) is 0. The van der Waals surface area contributed by atoms with Crippen LogP contribution in [-0.4, -0.2) is 13.2 Å². The molecule has 1 atom stereocenters. The van der Waals surface area contributed by atoms with Crippen molar-refractivity contribution in [1.29, 1.82) is 0 Å². The highest BCUT2D eigenvalue weighted by atomic mass is 19.1. The second kappa shape index (κ2) is 4.96. The molecule has 0 fully saturated rings. The minimum absolute atomic E-state index is 0.204. The molecule has 3 heteroatoms. The van der Waals surface area contributed by atoms with Crippen LogP contribution in [0.1, 0.15) is 12.5 Å². The third kappa shape index (κ3) is 3.00. The predicted molar refractivity (Wildman–Crippen MR) is 54.9 cm³/mol. The monoisotopic (exact) mass is 197 g/mol. The molecule has 2 nitrogen and oxygen atoms in total. The minimum atomic E-state index is -0.204. The van der Waals surface area contributed by atoms with Crippen molar-refractivity contribution in [1.82, 2.24) is 0 Å². The van der Waals surface area contributed by atoms with E-state index in [4.69, 9.17) is 10.5 Å². The molecule has 0 aliphatic rings. The van der Waals surface area contributed by atoms with E-state index in [1.807, 2.05) is 6.92 Å². The molecule has 0 aromatic heterocycles. The average molecular weight is 197 g/mol. The maximum Gasteiger partial charge on any atom is 0.126 e. The highest BCUT2D eigenvalue weighted by Gasteiger charge is 2.02. The Bertz CT molecular complexity index is 301. The molecule has 0 spiro atoms. The van der Waals surface area contributed by atoms with E-state index >= 15 is 0 Å². The summed E-state index contributed by atoms with van der Waals surface area (Å²) in [5, 5.41) is 0. The number of halogens is 1. The van der Waals surface area contributed by atoms with Gasteiger partial charge in [0.05, 0.1) is 6.61 Å². The molecule has 0 radical (unpaired) electrons. The first-order valence-corrected chi connectivity index (χ1v) is 4.72. The molecule has 1 rings (SSSR count). The van der Waals surface area contributed by atoms with E-state index in [-0.39, 0.29) is 5.82 Å². The van der Waals surface area contributed by atoms with Crippen molar-refractivity contribution in [3.05, 3.63) is 29.6 Å². The largest absolute Gasteiger partial charge is 0.493 e. The Hall–Kier alpha value is -1.09. The van der Waals surface area contributed by atoms with Crippen LogP contribution in [0.5, 0.6) is 5.75 Å². The van der Waals surface area contributed by atoms with Gasteiger partial charge in [-0.15, -0.1) is 0 Å². The van der Waals surface area contributed by atoms with Crippen LogP contribution in [0.25, 0.3) is 0 Å². The van der Waals surface area contributed by atoms with Gasteiger partial charge in [-0.25, -0.2) is 4.39 Å². The molecule has 2 N–H and O–H groups in total. The molecule has 0 saturated carbocycles. The summed E-state index contributed by atoms with van der Waals surface area (Å²) in [5.41, 5.74) is 6.05. The van der Waals surface area contributed by atoms with Gasteiger partial charge in [0.2, 0.25) is 0 Å². The Balaban J connectivity index is 2.55. The summed E-state index contributed by atoms with van der Waals surface area (Å²) < 4.78 is 18.3. The summed E-state index contributed by atoms with van der Waals surface area (Å²) in [6.07, 6.45) is 0. The zero-order valence-corrected chi connectivity index (χ0v) is 8.59. The highest BCUT2D eigenvalue weighted by molar-refractivity contribution is 5.28. The van der Waals surface area contributed by atoms with Crippen LogP contribution >= 0.6 is 0 Å². The van der Waals surface area contributed by atoms with Gasteiger partial charge in [-0.05, 0) is 37.2 Å². The second-order valence-corrected chi connectivity index (χ2v) is 3.56. The molecule has 1 aromatic rings. The van der Waals surface area contributed by atoms with Gasteiger partial charge in [0.1, 0.15) is 11.6 Å². The quantitative estimate of drug-likeness (QED) is 0.802. The van der Waals surface area contributed by atoms with E-state index in [0.29, 0.717) is 30.4 Å². The molecule has 1 unspecified atom stereocenters. The van der Waals surface area contributed by atoms with Crippen LogP contribution in [-0.2, 0) is 0 Å². The first kappa shape index (κ1) is 11.0. The van der Waals surface area contributed by atoms with Gasteiger partial charge in [-0.2, -0.15) is 0 Å². The molecule has 0 amide bonds. The fourth-order valence-corrected chi connectivity index (χ4v) is 1.01. The number of benzene rings is 1. The Kier molecular flexibility index (Phi) is 3.89. The Morgan fingerprint density at radius 3 is 2.79 bits per heavy atom. The SMILES string of the molecule is Cc1cc(OCC(C)CN)ccc1F. The van der Waals surface area contributed by atoms with Gasteiger partial charge in [0.15, 0.2) is 0 Å². The van der Waals surface area contributed by atoms with E-state index < -0.39 is 0 Å². The molecule has 78 valence electrons. The third-order valence-electron chi connectivity index (χ3n) is 2.07. The van der Waals surface area contributed by atoms with Crippen molar-refractivity contribution >= 4 is 0 Å². The number of hydrogen-bond donors (Lipinski definition) is 1. The summed E-state index contributed by atoms with van der Waals surface area (Å²) in [6, 6.07) is 4.74. The molecular formula is C11H16FNO. The van der Waals surface area contributed by atoms with Gasteiger partial charge in [-0.3, -0.25) is 0 Å². The second-order valence-electron chi connectivity index (χ2n) is 3.56. The summed E-state index contributed by atoms with van der Waals surface area (Å²) >= 11 is 0. The lowest BCUT2D eigenvalue weighted by Crippen LogP contribution is -2.18. The van der Waals surface area contributed by atoms with Crippen LogP contribution in [0.2, 0.25) is 0 Å². The molecule has 1 aromatic carbocycles. The minimum Gasteiger partial charge on any atom is -0.493 e. The smallest absolute Gasteiger partial charge is 0.126 e. The van der Waals surface area contributed by atoms with Gasteiger partial charge >= 0.3 is 0 Å². The van der Waals surface area contributed by atoms with E-state index in [1.54, 1.807) is 19.1 Å². The van der Waals surface area contributed by atoms with Crippen molar-refractivity contribution < 1.29 is 9.13 Å². The Morgan fingerprint density at radius 1 is 1.50 bits per heavy atom. The average Bonchev–Trinajstić information content (AvgIpc) is 2.19. The zero-order chi connectivity index (χ0) is 10.6. The van der Waals surface area contributed by atoms with Gasteiger partial charge in [-0.1, -0.05) is 6.92 Å². The van der Waals surface area contributed by atoms with Crippen molar-refractivity contribution in [2.24, 2.45) is 11.7 Å². The van der Waals surface area contributed by atoms with Crippen LogP contribution in [0.4, 0.5) is 4.39 Å². The molecule has 0 aliphatic carbocycles. The topological polar surface area (TPSA) is 35.2 Å². The molecule has 0 saturated heterocycles. The lowest BCUT2D eigenvalue weighted by molar-refractivity contribution is 0.263. The van der Waals surface area contributed by atoms with Crippen molar-refractivity contribution in [2.45, 2.75) is 13.8 Å². The van der Waals surface area contributed by atoms with Crippen LogP contribution < -0.4 is 10.5 Å². The highest BCUT2D eigenvalue weighted by Crippen LogP contribution is 2.16. The fraction of sp³-hybridized carbons (Fsp3) is 0.455. The van der Waals surface area contributed by atoms with E-state index in [2.05, 4.69) is 0 Å². The van der Waals surface area contributed by atoms with E-state index in [9.17, 15) is 4.39 Å². The van der Waals surface area contributed by atoms with Crippen LogP contribution in [0.15, 0.2) is 18.2 Å². The summed E-state index contributed by atoms with van der Waals surface area (Å²) in [5.74, 6) is 0.814. The maximum atomic E-state index is 12.9. The Labute approximate surface area is 83.9 Å². The molecule has 14 heavy (non-hydrogen) atoms. The van der Waals surface area contributed by atoms with Crippen molar-refractivity contribution in [3.8, 4) is 5.75 Å². The van der Waals surface area contributed by atoms with Gasteiger partial charge < -0.3 is 10.5 Å². The summed E-state index contributed by atoms with van der Waals surface area (Å²) in [4.78, 5) is 0. The zero-order valence-electron chi connectivity index (χ0n) is 8.59. The van der Waals surface area contributed by atoms with Gasteiger partial charge in [0.25, 0.3) is 0 Å². The maximum absolute atomic E-state index is 12.9. The lowest BCUT2D eigenvalue weighted by atomic mass is 10.2. The molecular weight excluding hydrogens is 181 g/mol. The number of hydrogen-bond acceptors (Lipinski definition) is 2. The van der Waals surface area contributed by atoms with E-state index in [1.165, 1.54) is 6.07 Å². The van der Waals surface area contributed by atoms with Crippen LogP contribution in [0.3, 0.4) is 0 Å². The number of rotatable bonds is 4. The number of ether oxygens (including phenoxy) is 1. The third-order valence-corrected chi connectivity index (χ3v) is 2.07. The van der Waals surface area contributed by atoms with Crippen molar-refractivity contribution in [2.75, 3.05) is 13.2 Å². The Morgan fingerprint density at radius 2 is 2.21 bits per heavy atom. The molecule has 0 bridgehead atoms. The first-order chi connectivity index (χ1) is 6.63.